The fraction of sp³-hybridized carbons (Fsp3) is 0.294. The lowest BCUT2D eigenvalue weighted by molar-refractivity contribution is 0.300. The third-order valence-corrected chi connectivity index (χ3v) is 3.01. The summed E-state index contributed by atoms with van der Waals surface area (Å²) in [5, 5.41) is 0. The predicted molar refractivity (Wildman–Crippen MR) is 81.3 cm³/mol. The summed E-state index contributed by atoms with van der Waals surface area (Å²) in [6.07, 6.45) is 0.895. The van der Waals surface area contributed by atoms with Crippen LogP contribution in [0.5, 0.6) is 17.2 Å². The summed E-state index contributed by atoms with van der Waals surface area (Å²) >= 11 is 0. The summed E-state index contributed by atoms with van der Waals surface area (Å²) in [7, 11) is 0. The second-order valence-electron chi connectivity index (χ2n) is 4.88. The van der Waals surface area contributed by atoms with Crippen LogP contribution in [0.4, 0.5) is 4.39 Å². The van der Waals surface area contributed by atoms with Gasteiger partial charge in [0.05, 0.1) is 6.61 Å². The van der Waals surface area contributed by atoms with Gasteiger partial charge in [0, 0.05) is 6.04 Å². The van der Waals surface area contributed by atoms with Gasteiger partial charge in [-0.1, -0.05) is 25.1 Å². The highest BCUT2D eigenvalue weighted by atomic mass is 19.1. The van der Waals surface area contributed by atoms with Gasteiger partial charge in [-0.15, -0.1) is 0 Å². The van der Waals surface area contributed by atoms with Crippen molar-refractivity contribution in [2.45, 2.75) is 26.3 Å². The first-order valence-electron chi connectivity index (χ1n) is 7.06. The lowest BCUT2D eigenvalue weighted by Crippen LogP contribution is -2.05. The van der Waals surface area contributed by atoms with Crippen LogP contribution in [0, 0.1) is 5.82 Å². The van der Waals surface area contributed by atoms with Crippen LogP contribution in [0.3, 0.4) is 0 Å². The zero-order valence-corrected chi connectivity index (χ0v) is 12.3. The fourth-order valence-electron chi connectivity index (χ4n) is 1.87. The fourth-order valence-corrected chi connectivity index (χ4v) is 1.87. The SMILES string of the molecule is CCCOc1ccccc1Oc1ccc([C@H](C)N)cc1F. The van der Waals surface area contributed by atoms with Crippen LogP contribution in [0.1, 0.15) is 31.9 Å². The van der Waals surface area contributed by atoms with E-state index < -0.39 is 5.82 Å². The Morgan fingerprint density at radius 2 is 1.81 bits per heavy atom. The van der Waals surface area contributed by atoms with Gasteiger partial charge < -0.3 is 15.2 Å². The largest absolute Gasteiger partial charge is 0.490 e. The minimum Gasteiger partial charge on any atom is -0.490 e. The topological polar surface area (TPSA) is 44.5 Å². The second-order valence-corrected chi connectivity index (χ2v) is 4.88. The Hall–Kier alpha value is -2.07. The van der Waals surface area contributed by atoms with E-state index in [4.69, 9.17) is 15.2 Å². The van der Waals surface area contributed by atoms with Crippen molar-refractivity contribution < 1.29 is 13.9 Å². The number of nitrogens with two attached hydrogens (primary N) is 1. The van der Waals surface area contributed by atoms with Gasteiger partial charge in [-0.25, -0.2) is 4.39 Å². The predicted octanol–water partition coefficient (Wildman–Crippen LogP) is 4.43. The Morgan fingerprint density at radius 1 is 1.10 bits per heavy atom. The van der Waals surface area contributed by atoms with E-state index in [0.717, 1.165) is 12.0 Å². The molecule has 0 unspecified atom stereocenters. The Bertz CT molecular complexity index is 599. The average Bonchev–Trinajstić information content (AvgIpc) is 2.48. The molecule has 4 heteroatoms. The van der Waals surface area contributed by atoms with Crippen molar-refractivity contribution in [2.24, 2.45) is 5.73 Å². The van der Waals surface area contributed by atoms with Gasteiger partial charge in [0.25, 0.3) is 0 Å². The van der Waals surface area contributed by atoms with E-state index in [9.17, 15) is 4.39 Å². The zero-order chi connectivity index (χ0) is 15.2. The standard InChI is InChI=1S/C17H20FNO2/c1-3-10-20-16-6-4-5-7-17(16)21-15-9-8-13(12(2)19)11-14(15)18/h4-9,11-12H,3,10,19H2,1-2H3/t12-/m0/s1. The van der Waals surface area contributed by atoms with E-state index in [1.165, 1.54) is 6.07 Å². The molecule has 2 aromatic carbocycles. The smallest absolute Gasteiger partial charge is 0.169 e. The van der Waals surface area contributed by atoms with Crippen molar-refractivity contribution in [1.29, 1.82) is 0 Å². The molecule has 0 aliphatic carbocycles. The van der Waals surface area contributed by atoms with Crippen LogP contribution in [0.25, 0.3) is 0 Å². The van der Waals surface area contributed by atoms with Gasteiger partial charge in [0.15, 0.2) is 23.1 Å². The first-order chi connectivity index (χ1) is 10.1. The highest BCUT2D eigenvalue weighted by Crippen LogP contribution is 2.33. The van der Waals surface area contributed by atoms with Gasteiger partial charge in [-0.3, -0.25) is 0 Å². The minimum atomic E-state index is -0.435. The maximum absolute atomic E-state index is 14.1. The molecule has 0 bridgehead atoms. The van der Waals surface area contributed by atoms with Crippen molar-refractivity contribution in [3.8, 4) is 17.2 Å². The quantitative estimate of drug-likeness (QED) is 0.855. The first-order valence-corrected chi connectivity index (χ1v) is 7.06. The number of para-hydroxylation sites is 2. The van der Waals surface area contributed by atoms with Crippen molar-refractivity contribution in [1.82, 2.24) is 0 Å². The Morgan fingerprint density at radius 3 is 2.43 bits per heavy atom. The van der Waals surface area contributed by atoms with Crippen LogP contribution >= 0.6 is 0 Å². The molecule has 0 aromatic heterocycles. The second kappa shape index (κ2) is 7.09. The molecule has 0 radical (unpaired) electrons. The molecule has 0 aliphatic heterocycles. The van der Waals surface area contributed by atoms with E-state index in [2.05, 4.69) is 0 Å². The highest BCUT2D eigenvalue weighted by molar-refractivity contribution is 5.43. The molecule has 0 amide bonds. The Balaban J connectivity index is 2.22. The van der Waals surface area contributed by atoms with Crippen molar-refractivity contribution in [2.75, 3.05) is 6.61 Å². The first kappa shape index (κ1) is 15.3. The van der Waals surface area contributed by atoms with Crippen molar-refractivity contribution in [3.05, 3.63) is 53.8 Å². The lowest BCUT2D eigenvalue weighted by atomic mass is 10.1. The van der Waals surface area contributed by atoms with Crippen LogP contribution in [0.15, 0.2) is 42.5 Å². The molecule has 0 saturated heterocycles. The summed E-state index contributed by atoms with van der Waals surface area (Å²) in [6.45, 7) is 4.42. The number of rotatable bonds is 6. The average molecular weight is 289 g/mol. The molecule has 0 spiro atoms. The number of hydrogen-bond donors (Lipinski definition) is 1. The summed E-state index contributed by atoms with van der Waals surface area (Å²) < 4.78 is 25.3. The van der Waals surface area contributed by atoms with Crippen LogP contribution in [-0.2, 0) is 0 Å². The molecule has 21 heavy (non-hydrogen) atoms. The van der Waals surface area contributed by atoms with Crippen LogP contribution in [-0.4, -0.2) is 6.61 Å². The molecule has 112 valence electrons. The van der Waals surface area contributed by atoms with E-state index in [-0.39, 0.29) is 11.8 Å². The molecule has 0 aliphatic rings. The van der Waals surface area contributed by atoms with Crippen LogP contribution < -0.4 is 15.2 Å². The third kappa shape index (κ3) is 3.95. The van der Waals surface area contributed by atoms with Crippen molar-refractivity contribution in [3.63, 3.8) is 0 Å². The summed E-state index contributed by atoms with van der Waals surface area (Å²) in [5.41, 5.74) is 6.47. The number of benzene rings is 2. The zero-order valence-electron chi connectivity index (χ0n) is 12.3. The number of halogens is 1. The molecular formula is C17H20FNO2. The van der Waals surface area contributed by atoms with E-state index in [1.807, 2.05) is 26.0 Å². The summed E-state index contributed by atoms with van der Waals surface area (Å²) in [5.74, 6) is 0.829. The summed E-state index contributed by atoms with van der Waals surface area (Å²) in [4.78, 5) is 0. The monoisotopic (exact) mass is 289 g/mol. The van der Waals surface area contributed by atoms with Gasteiger partial charge in [0.2, 0.25) is 0 Å². The molecule has 3 nitrogen and oxygen atoms in total. The van der Waals surface area contributed by atoms with Gasteiger partial charge in [0.1, 0.15) is 0 Å². The number of ether oxygens (including phenoxy) is 2. The van der Waals surface area contributed by atoms with Gasteiger partial charge in [-0.05, 0) is 43.2 Å². The molecule has 0 saturated carbocycles. The Labute approximate surface area is 124 Å². The molecule has 2 aromatic rings. The third-order valence-electron chi connectivity index (χ3n) is 3.01. The molecule has 0 fully saturated rings. The molecule has 2 rings (SSSR count). The molecule has 0 heterocycles. The normalized spacial score (nSPS) is 12.0. The van der Waals surface area contributed by atoms with E-state index in [0.29, 0.717) is 18.1 Å². The number of hydrogen-bond acceptors (Lipinski definition) is 3. The van der Waals surface area contributed by atoms with Gasteiger partial charge >= 0.3 is 0 Å². The van der Waals surface area contributed by atoms with E-state index in [1.54, 1.807) is 24.3 Å². The maximum Gasteiger partial charge on any atom is 0.169 e. The Kier molecular flexibility index (Phi) is 5.17. The van der Waals surface area contributed by atoms with Crippen molar-refractivity contribution >= 4 is 0 Å². The lowest BCUT2D eigenvalue weighted by Gasteiger charge is -2.13. The van der Waals surface area contributed by atoms with Crippen LogP contribution in [0.2, 0.25) is 0 Å². The minimum absolute atomic E-state index is 0.159. The maximum atomic E-state index is 14.1. The van der Waals surface area contributed by atoms with E-state index >= 15 is 0 Å². The summed E-state index contributed by atoms with van der Waals surface area (Å²) in [6, 6.07) is 11.8. The molecular weight excluding hydrogens is 269 g/mol. The molecule has 1 atom stereocenters. The highest BCUT2D eigenvalue weighted by Gasteiger charge is 2.11. The van der Waals surface area contributed by atoms with Gasteiger partial charge in [-0.2, -0.15) is 0 Å². The molecule has 2 N–H and O–H groups in total.